The van der Waals surface area contributed by atoms with Gasteiger partial charge in [0.2, 0.25) is 5.95 Å². The third-order valence-corrected chi connectivity index (χ3v) is 7.15. The highest BCUT2D eigenvalue weighted by molar-refractivity contribution is 5.78. The van der Waals surface area contributed by atoms with Crippen molar-refractivity contribution in [1.82, 2.24) is 29.2 Å². The van der Waals surface area contributed by atoms with Crippen LogP contribution >= 0.6 is 0 Å². The Bertz CT molecular complexity index is 1780. The third-order valence-electron chi connectivity index (χ3n) is 7.15. The molecule has 6 rings (SSSR count). The molecule has 4 heterocycles. The summed E-state index contributed by atoms with van der Waals surface area (Å²) in [6, 6.07) is 18.9. The summed E-state index contributed by atoms with van der Waals surface area (Å²) >= 11 is 0. The Labute approximate surface area is 231 Å². The minimum absolute atomic E-state index is 0.319. The number of aliphatic hydroxyl groups is 1. The van der Waals surface area contributed by atoms with E-state index in [1.807, 2.05) is 18.2 Å². The van der Waals surface area contributed by atoms with Gasteiger partial charge in [-0.1, -0.05) is 24.3 Å². The largest absolute Gasteiger partial charge is 0.494 e. The average molecular weight is 538 g/mol. The van der Waals surface area contributed by atoms with E-state index in [0.29, 0.717) is 39.9 Å². The molecular weight excluding hydrogens is 506 g/mol. The molecule has 5 aromatic rings. The van der Waals surface area contributed by atoms with Gasteiger partial charge in [0.15, 0.2) is 11.5 Å². The number of aromatic nitrogens is 5. The van der Waals surface area contributed by atoms with Crippen molar-refractivity contribution >= 4 is 22.7 Å². The van der Waals surface area contributed by atoms with Gasteiger partial charge in [-0.25, -0.2) is 19.3 Å². The average Bonchev–Trinajstić information content (AvgIpc) is 3.23. The van der Waals surface area contributed by atoms with E-state index < -0.39 is 5.60 Å². The SMILES string of the molecule is COc1ccccc1-n1c(=O)c2cnc(Nc3ccc4c(c3)CN(C)CC4)nc2n1-c1cccc(C(C)(C)O)n1. The van der Waals surface area contributed by atoms with Gasteiger partial charge >= 0.3 is 0 Å². The summed E-state index contributed by atoms with van der Waals surface area (Å²) in [7, 11) is 3.68. The van der Waals surface area contributed by atoms with Crippen LogP contribution in [0.25, 0.3) is 22.5 Å². The zero-order valence-corrected chi connectivity index (χ0v) is 22.9. The number of hydrogen-bond acceptors (Lipinski definition) is 8. The first-order valence-electron chi connectivity index (χ1n) is 13.1. The molecule has 0 fully saturated rings. The van der Waals surface area contributed by atoms with Gasteiger partial charge in [0.25, 0.3) is 5.56 Å². The number of nitrogens with one attached hydrogen (secondary N) is 1. The fourth-order valence-corrected chi connectivity index (χ4v) is 5.06. The van der Waals surface area contributed by atoms with Crippen molar-refractivity contribution in [2.24, 2.45) is 0 Å². The number of ether oxygens (including phenoxy) is 1. The van der Waals surface area contributed by atoms with Crippen molar-refractivity contribution < 1.29 is 9.84 Å². The summed E-state index contributed by atoms with van der Waals surface area (Å²) in [6.07, 6.45) is 2.55. The molecule has 0 aliphatic carbocycles. The Hall–Kier alpha value is -4.54. The van der Waals surface area contributed by atoms with E-state index in [1.165, 1.54) is 22.0 Å². The van der Waals surface area contributed by atoms with Gasteiger partial charge in [-0.15, -0.1) is 0 Å². The number of anilines is 2. The topological polar surface area (TPSA) is 110 Å². The number of pyridine rings is 1. The predicted octanol–water partition coefficient (Wildman–Crippen LogP) is 3.93. The van der Waals surface area contributed by atoms with Crippen molar-refractivity contribution in [3.63, 3.8) is 0 Å². The molecule has 10 heteroatoms. The minimum atomic E-state index is -1.18. The zero-order chi connectivity index (χ0) is 28.0. The summed E-state index contributed by atoms with van der Waals surface area (Å²) in [6.45, 7) is 5.26. The van der Waals surface area contributed by atoms with Crippen molar-refractivity contribution in [2.45, 2.75) is 32.4 Å². The van der Waals surface area contributed by atoms with E-state index >= 15 is 0 Å². The number of benzene rings is 2. The smallest absolute Gasteiger partial charge is 0.283 e. The molecule has 0 radical (unpaired) electrons. The molecule has 1 aliphatic heterocycles. The van der Waals surface area contributed by atoms with Gasteiger partial charge in [-0.2, -0.15) is 4.98 Å². The second-order valence-corrected chi connectivity index (χ2v) is 10.6. The number of rotatable bonds is 6. The molecule has 0 spiro atoms. The maximum atomic E-state index is 13.8. The van der Waals surface area contributed by atoms with Crippen LogP contribution in [0.15, 0.2) is 71.7 Å². The predicted molar refractivity (Wildman–Crippen MR) is 154 cm³/mol. The lowest BCUT2D eigenvalue weighted by molar-refractivity contribution is 0.0738. The van der Waals surface area contributed by atoms with E-state index in [-0.39, 0.29) is 5.56 Å². The monoisotopic (exact) mass is 537 g/mol. The van der Waals surface area contributed by atoms with Gasteiger partial charge in [0, 0.05) is 25.0 Å². The molecule has 0 saturated carbocycles. The van der Waals surface area contributed by atoms with Crippen LogP contribution in [0.4, 0.5) is 11.6 Å². The van der Waals surface area contributed by atoms with E-state index in [2.05, 4.69) is 34.4 Å². The molecule has 2 N–H and O–H groups in total. The summed E-state index contributed by atoms with van der Waals surface area (Å²) < 4.78 is 8.71. The molecular formula is C30H31N7O3. The van der Waals surface area contributed by atoms with Crippen molar-refractivity contribution in [3.8, 4) is 17.3 Å². The number of methoxy groups -OCH3 is 1. The van der Waals surface area contributed by atoms with Gasteiger partial charge in [-0.05, 0) is 74.8 Å². The molecule has 0 amide bonds. The lowest BCUT2D eigenvalue weighted by Crippen LogP contribution is -2.26. The number of fused-ring (bicyclic) bond motifs is 2. The summed E-state index contributed by atoms with van der Waals surface area (Å²) in [5, 5.41) is 14.3. The van der Waals surface area contributed by atoms with Crippen LogP contribution in [0.1, 0.15) is 30.7 Å². The molecule has 204 valence electrons. The second-order valence-electron chi connectivity index (χ2n) is 10.6. The number of nitrogens with zero attached hydrogens (tertiary/aromatic N) is 6. The van der Waals surface area contributed by atoms with Crippen LogP contribution in [-0.2, 0) is 18.6 Å². The molecule has 0 saturated heterocycles. The molecule has 2 aromatic carbocycles. The molecule has 40 heavy (non-hydrogen) atoms. The highest BCUT2D eigenvalue weighted by Gasteiger charge is 2.24. The molecule has 1 aliphatic rings. The van der Waals surface area contributed by atoms with Crippen LogP contribution in [0.3, 0.4) is 0 Å². The summed E-state index contributed by atoms with van der Waals surface area (Å²) in [4.78, 5) is 30.1. The van der Waals surface area contributed by atoms with E-state index in [0.717, 1.165) is 25.2 Å². The van der Waals surface area contributed by atoms with Crippen LogP contribution < -0.4 is 15.6 Å². The normalized spacial score (nSPS) is 13.8. The number of para-hydroxylation sites is 2. The highest BCUT2D eigenvalue weighted by Crippen LogP contribution is 2.28. The van der Waals surface area contributed by atoms with Gasteiger partial charge in [-0.3, -0.25) is 4.79 Å². The molecule has 0 unspecified atom stereocenters. The van der Waals surface area contributed by atoms with Crippen molar-refractivity contribution in [1.29, 1.82) is 0 Å². The first kappa shape index (κ1) is 25.7. The van der Waals surface area contributed by atoms with Gasteiger partial charge < -0.3 is 20.1 Å². The van der Waals surface area contributed by atoms with Crippen molar-refractivity contribution in [3.05, 3.63) is 94.0 Å². The minimum Gasteiger partial charge on any atom is -0.494 e. The molecule has 0 bridgehead atoms. The third kappa shape index (κ3) is 4.61. The zero-order valence-electron chi connectivity index (χ0n) is 22.9. The maximum absolute atomic E-state index is 13.8. The first-order valence-corrected chi connectivity index (χ1v) is 13.1. The lowest BCUT2D eigenvalue weighted by atomic mass is 9.99. The number of likely N-dealkylation sites (N-methyl/N-ethyl adjacent to an activating group) is 1. The molecule has 10 nitrogen and oxygen atoms in total. The Morgan fingerprint density at radius 1 is 1.00 bits per heavy atom. The van der Waals surface area contributed by atoms with Crippen LogP contribution in [-0.4, -0.2) is 55.0 Å². The second kappa shape index (κ2) is 9.89. The Balaban J connectivity index is 1.53. The highest BCUT2D eigenvalue weighted by atomic mass is 16.5. The van der Waals surface area contributed by atoms with Crippen LogP contribution in [0, 0.1) is 0 Å². The Kier molecular flexibility index (Phi) is 6.36. The first-order chi connectivity index (χ1) is 19.2. The fourth-order valence-electron chi connectivity index (χ4n) is 5.06. The quantitative estimate of drug-likeness (QED) is 0.335. The maximum Gasteiger partial charge on any atom is 0.283 e. The van der Waals surface area contributed by atoms with Crippen LogP contribution in [0.5, 0.6) is 5.75 Å². The number of hydrogen-bond donors (Lipinski definition) is 2. The summed E-state index contributed by atoms with van der Waals surface area (Å²) in [5.41, 5.74) is 3.33. The van der Waals surface area contributed by atoms with Gasteiger partial charge in [0.1, 0.15) is 22.4 Å². The molecule has 3 aromatic heterocycles. The van der Waals surface area contributed by atoms with Gasteiger partial charge in [0.05, 0.1) is 12.8 Å². The van der Waals surface area contributed by atoms with E-state index in [4.69, 9.17) is 14.7 Å². The van der Waals surface area contributed by atoms with E-state index in [9.17, 15) is 9.90 Å². The fraction of sp³-hybridized carbons (Fsp3) is 0.267. The molecule has 0 atom stereocenters. The van der Waals surface area contributed by atoms with Crippen molar-refractivity contribution in [2.75, 3.05) is 26.0 Å². The summed E-state index contributed by atoms with van der Waals surface area (Å²) in [5.74, 6) is 1.28. The Morgan fingerprint density at radius 3 is 2.62 bits per heavy atom. The Morgan fingerprint density at radius 2 is 1.82 bits per heavy atom. The van der Waals surface area contributed by atoms with Crippen LogP contribution in [0.2, 0.25) is 0 Å². The standard InChI is InChI=1S/C30H31N7O3/c1-30(2,39)25-10-7-11-26(33-25)37-27-22(28(38)36(37)23-8-5-6-9-24(23)40-4)17-31-29(34-27)32-21-13-12-19-14-15-35(3)18-20(19)16-21/h5-13,16-17,39H,14-15,18H2,1-4H3,(H,31,32,34). The van der Waals surface area contributed by atoms with E-state index in [1.54, 1.807) is 56.0 Å². The lowest BCUT2D eigenvalue weighted by Gasteiger charge is -2.25.